The van der Waals surface area contributed by atoms with Gasteiger partial charge in [0.15, 0.2) is 11.5 Å². The van der Waals surface area contributed by atoms with Gasteiger partial charge in [0.1, 0.15) is 0 Å². The van der Waals surface area contributed by atoms with Crippen LogP contribution in [0.3, 0.4) is 0 Å². The molecule has 0 saturated carbocycles. The number of hydrogen-bond donors (Lipinski definition) is 1. The van der Waals surface area contributed by atoms with Crippen molar-refractivity contribution in [3.63, 3.8) is 0 Å². The fourth-order valence-electron chi connectivity index (χ4n) is 2.57. The van der Waals surface area contributed by atoms with Gasteiger partial charge in [-0.25, -0.2) is 0 Å². The maximum atomic E-state index is 12.7. The number of ether oxygens (including phenoxy) is 1. The lowest BCUT2D eigenvalue weighted by Gasteiger charge is -2.12. The summed E-state index contributed by atoms with van der Waals surface area (Å²) in [6, 6.07) is 7.18. The molecule has 0 spiro atoms. The molecule has 1 aliphatic heterocycles. The molecule has 1 saturated heterocycles. The van der Waals surface area contributed by atoms with Crippen molar-refractivity contribution >= 4 is 66.5 Å². The molecule has 2 aromatic rings. The Kier molecular flexibility index (Phi) is 6.30. The minimum atomic E-state index is -0.525. The molecule has 2 amide bonds. The summed E-state index contributed by atoms with van der Waals surface area (Å²) >= 11 is 7.42. The number of rotatable bonds is 5. The molecule has 2 aromatic carbocycles. The van der Waals surface area contributed by atoms with E-state index in [0.29, 0.717) is 14.5 Å². The number of carbonyl (C=O) groups excluding carboxylic acids is 2. The largest absolute Gasteiger partial charge is 0.504 e. The third-order valence-corrected chi connectivity index (χ3v) is 6.97. The van der Waals surface area contributed by atoms with Gasteiger partial charge in [-0.3, -0.25) is 24.6 Å². The number of nitrogens with zero attached hydrogens (tertiary/aromatic N) is 2. The zero-order chi connectivity index (χ0) is 21.3. The van der Waals surface area contributed by atoms with Crippen LogP contribution in [0.25, 0.3) is 6.08 Å². The van der Waals surface area contributed by atoms with E-state index in [4.69, 9.17) is 4.74 Å². The number of benzene rings is 2. The van der Waals surface area contributed by atoms with Crippen LogP contribution in [0.5, 0.6) is 11.5 Å². The lowest BCUT2D eigenvalue weighted by Crippen LogP contribution is -2.27. The minimum absolute atomic E-state index is 0.0189. The van der Waals surface area contributed by atoms with Crippen LogP contribution in [0.2, 0.25) is 0 Å². The highest BCUT2D eigenvalue weighted by Crippen LogP contribution is 2.43. The normalized spacial score (nSPS) is 15.3. The molecule has 0 radical (unpaired) electrons. The van der Waals surface area contributed by atoms with Crippen molar-refractivity contribution in [2.75, 3.05) is 7.11 Å². The van der Waals surface area contributed by atoms with Crippen molar-refractivity contribution in [2.24, 2.45) is 0 Å². The van der Waals surface area contributed by atoms with E-state index in [1.807, 2.05) is 0 Å². The number of methoxy groups -OCH3 is 1. The van der Waals surface area contributed by atoms with Crippen LogP contribution in [0.15, 0.2) is 44.2 Å². The van der Waals surface area contributed by atoms with E-state index >= 15 is 0 Å². The number of halogens is 2. The van der Waals surface area contributed by atoms with E-state index in [9.17, 15) is 24.8 Å². The molecule has 0 atom stereocenters. The average molecular weight is 544 g/mol. The Hall–Kier alpha value is -2.37. The molecular formula is C18H12Br2N2O6S. The Labute approximate surface area is 185 Å². The van der Waals surface area contributed by atoms with Gasteiger partial charge in [0.2, 0.25) is 0 Å². The highest BCUT2D eigenvalue weighted by Gasteiger charge is 2.35. The number of nitro groups is 1. The molecule has 150 valence electrons. The lowest BCUT2D eigenvalue weighted by molar-refractivity contribution is -0.384. The van der Waals surface area contributed by atoms with E-state index < -0.39 is 16.1 Å². The summed E-state index contributed by atoms with van der Waals surface area (Å²) in [4.78, 5) is 36.5. The van der Waals surface area contributed by atoms with Crippen LogP contribution in [-0.2, 0) is 11.3 Å². The second kappa shape index (κ2) is 8.56. The van der Waals surface area contributed by atoms with Crippen LogP contribution in [0.1, 0.15) is 11.1 Å². The third kappa shape index (κ3) is 4.31. The Morgan fingerprint density at radius 3 is 2.52 bits per heavy atom. The first-order valence-electron chi connectivity index (χ1n) is 7.96. The number of aromatic hydroxyl groups is 1. The standard InChI is InChI=1S/C18H12Br2N2O6S/c1-28-13-7-12(19)15(20)11(16(13)23)6-14-17(24)21(18(25)29-14)8-9-2-4-10(5-3-9)22(26)27/h2-7,23H,8H2,1H3/b14-6-. The number of phenols is 1. The first-order chi connectivity index (χ1) is 13.7. The van der Waals surface area contributed by atoms with E-state index in [2.05, 4.69) is 31.9 Å². The number of imide groups is 1. The molecular weight excluding hydrogens is 532 g/mol. The van der Waals surface area contributed by atoms with Gasteiger partial charge in [0, 0.05) is 26.6 Å². The van der Waals surface area contributed by atoms with Gasteiger partial charge in [-0.05, 0) is 61.3 Å². The molecule has 1 N–H and O–H groups in total. The monoisotopic (exact) mass is 542 g/mol. The summed E-state index contributed by atoms with van der Waals surface area (Å²) < 4.78 is 6.21. The Balaban J connectivity index is 1.89. The Morgan fingerprint density at radius 1 is 1.28 bits per heavy atom. The number of phenolic OH excluding ortho intramolecular Hbond substituents is 1. The second-order valence-electron chi connectivity index (χ2n) is 5.83. The van der Waals surface area contributed by atoms with Crippen molar-refractivity contribution in [1.82, 2.24) is 4.90 Å². The summed E-state index contributed by atoms with van der Waals surface area (Å²) in [5.41, 5.74) is 0.788. The van der Waals surface area contributed by atoms with Gasteiger partial charge in [-0.15, -0.1) is 0 Å². The van der Waals surface area contributed by atoms with Gasteiger partial charge in [-0.2, -0.15) is 0 Å². The molecule has 3 rings (SSSR count). The molecule has 8 nitrogen and oxygen atoms in total. The summed E-state index contributed by atoms with van der Waals surface area (Å²) in [6.07, 6.45) is 1.41. The van der Waals surface area contributed by atoms with Crippen LogP contribution in [0, 0.1) is 10.1 Å². The number of amides is 2. The van der Waals surface area contributed by atoms with Gasteiger partial charge >= 0.3 is 0 Å². The third-order valence-electron chi connectivity index (χ3n) is 4.05. The van der Waals surface area contributed by atoms with Gasteiger partial charge in [-0.1, -0.05) is 12.1 Å². The fourth-order valence-corrected chi connectivity index (χ4v) is 4.23. The summed E-state index contributed by atoms with van der Waals surface area (Å²) in [7, 11) is 1.40. The van der Waals surface area contributed by atoms with Crippen molar-refractivity contribution < 1.29 is 24.4 Å². The van der Waals surface area contributed by atoms with Gasteiger partial charge in [0.25, 0.3) is 16.8 Å². The van der Waals surface area contributed by atoms with Crippen molar-refractivity contribution in [2.45, 2.75) is 6.54 Å². The molecule has 1 heterocycles. The summed E-state index contributed by atoms with van der Waals surface area (Å²) in [5, 5.41) is 20.7. The zero-order valence-corrected chi connectivity index (χ0v) is 18.7. The van der Waals surface area contributed by atoms with Crippen molar-refractivity contribution in [3.8, 4) is 11.5 Å². The summed E-state index contributed by atoms with van der Waals surface area (Å²) in [6.45, 7) is -0.0189. The minimum Gasteiger partial charge on any atom is -0.504 e. The van der Waals surface area contributed by atoms with Gasteiger partial charge < -0.3 is 9.84 Å². The SMILES string of the molecule is COc1cc(Br)c(Br)c(/C=C2\SC(=O)N(Cc3ccc([N+](=O)[O-])cc3)C2=O)c1O. The van der Waals surface area contributed by atoms with Crippen molar-refractivity contribution in [1.29, 1.82) is 0 Å². The topological polar surface area (TPSA) is 110 Å². The van der Waals surface area contributed by atoms with E-state index in [-0.39, 0.29) is 34.2 Å². The predicted molar refractivity (Wildman–Crippen MR) is 115 cm³/mol. The Bertz CT molecular complexity index is 1060. The maximum Gasteiger partial charge on any atom is 0.293 e. The van der Waals surface area contributed by atoms with Crippen LogP contribution >= 0.6 is 43.6 Å². The van der Waals surface area contributed by atoms with E-state index in [1.54, 1.807) is 6.07 Å². The molecule has 0 bridgehead atoms. The number of carbonyl (C=O) groups is 2. The van der Waals surface area contributed by atoms with E-state index in [0.717, 1.165) is 16.7 Å². The quantitative estimate of drug-likeness (QED) is 0.318. The van der Waals surface area contributed by atoms with Crippen LogP contribution in [0.4, 0.5) is 10.5 Å². The first kappa shape index (κ1) is 21.3. The number of nitro benzene ring substituents is 1. The molecule has 1 aliphatic rings. The first-order valence-corrected chi connectivity index (χ1v) is 10.4. The highest BCUT2D eigenvalue weighted by molar-refractivity contribution is 9.13. The van der Waals surface area contributed by atoms with E-state index in [1.165, 1.54) is 37.5 Å². The lowest BCUT2D eigenvalue weighted by atomic mass is 10.1. The molecule has 29 heavy (non-hydrogen) atoms. The van der Waals surface area contributed by atoms with Crippen molar-refractivity contribution in [3.05, 3.63) is 65.4 Å². The van der Waals surface area contributed by atoms with Crippen LogP contribution < -0.4 is 4.74 Å². The smallest absolute Gasteiger partial charge is 0.293 e. The second-order valence-corrected chi connectivity index (χ2v) is 8.47. The molecule has 11 heteroatoms. The molecule has 1 fully saturated rings. The van der Waals surface area contributed by atoms with Crippen LogP contribution in [-0.4, -0.2) is 33.2 Å². The zero-order valence-electron chi connectivity index (χ0n) is 14.7. The predicted octanol–water partition coefficient (Wildman–Crippen LogP) is 5.07. The number of hydrogen-bond acceptors (Lipinski definition) is 7. The number of thioether (sulfide) groups is 1. The van der Waals surface area contributed by atoms with Gasteiger partial charge in [0.05, 0.1) is 23.5 Å². The fraction of sp³-hybridized carbons (Fsp3) is 0.111. The summed E-state index contributed by atoms with van der Waals surface area (Å²) in [5.74, 6) is -0.496. The number of non-ortho nitro benzene ring substituents is 1. The maximum absolute atomic E-state index is 12.7. The Morgan fingerprint density at radius 2 is 1.93 bits per heavy atom. The molecule has 0 unspecified atom stereocenters. The average Bonchev–Trinajstić information content (AvgIpc) is 2.95. The molecule has 0 aromatic heterocycles. The molecule has 0 aliphatic carbocycles. The highest BCUT2D eigenvalue weighted by atomic mass is 79.9.